The fourth-order valence-electron chi connectivity index (χ4n) is 0.664. The van der Waals surface area contributed by atoms with Gasteiger partial charge in [-0.2, -0.15) is 0 Å². The van der Waals surface area contributed by atoms with Crippen LogP contribution in [0.3, 0.4) is 0 Å². The fraction of sp³-hybridized carbons (Fsp3) is 0.600. The standard InChI is InChI=1S/C10H18O3/c1-11-7-3-5-9-13-10-6-4-8-12-2/h5-6,9-10H,3-4,7-8H2,1-2H3. The number of methoxy groups -OCH3 is 2. The van der Waals surface area contributed by atoms with E-state index in [1.54, 1.807) is 26.7 Å². The molecule has 0 bridgehead atoms. The molecule has 0 heterocycles. The molecule has 0 rings (SSSR count). The maximum atomic E-state index is 5.05. The Morgan fingerprint density at radius 2 is 1.31 bits per heavy atom. The monoisotopic (exact) mass is 186 g/mol. The van der Waals surface area contributed by atoms with Crippen molar-refractivity contribution in [3.63, 3.8) is 0 Å². The van der Waals surface area contributed by atoms with Crippen LogP contribution in [-0.2, 0) is 14.2 Å². The SMILES string of the molecule is COCCC=COC=CCCOC. The summed E-state index contributed by atoms with van der Waals surface area (Å²) in [6, 6.07) is 0. The normalized spacial score (nSPS) is 11.5. The van der Waals surface area contributed by atoms with Crippen molar-refractivity contribution in [1.29, 1.82) is 0 Å². The molecule has 3 nitrogen and oxygen atoms in total. The summed E-state index contributed by atoms with van der Waals surface area (Å²) in [5.41, 5.74) is 0. The third-order valence-electron chi connectivity index (χ3n) is 1.33. The topological polar surface area (TPSA) is 27.7 Å². The lowest BCUT2D eigenvalue weighted by Crippen LogP contribution is -1.84. The van der Waals surface area contributed by atoms with Gasteiger partial charge in [0.25, 0.3) is 0 Å². The first-order valence-electron chi connectivity index (χ1n) is 4.35. The molecule has 0 N–H and O–H groups in total. The van der Waals surface area contributed by atoms with Gasteiger partial charge in [-0.25, -0.2) is 0 Å². The molecule has 0 atom stereocenters. The minimum atomic E-state index is 0.729. The van der Waals surface area contributed by atoms with Gasteiger partial charge in [0.15, 0.2) is 0 Å². The highest BCUT2D eigenvalue weighted by Gasteiger charge is 1.78. The summed E-state index contributed by atoms with van der Waals surface area (Å²) in [6.07, 6.45) is 8.91. The van der Waals surface area contributed by atoms with Crippen LogP contribution in [0, 0.1) is 0 Å². The van der Waals surface area contributed by atoms with Crippen molar-refractivity contribution >= 4 is 0 Å². The van der Waals surface area contributed by atoms with E-state index in [9.17, 15) is 0 Å². The highest BCUT2D eigenvalue weighted by Crippen LogP contribution is 1.88. The molecule has 0 fully saturated rings. The smallest absolute Gasteiger partial charge is 0.0862 e. The van der Waals surface area contributed by atoms with E-state index in [4.69, 9.17) is 14.2 Å². The predicted octanol–water partition coefficient (Wildman–Crippen LogP) is 2.10. The Kier molecular flexibility index (Phi) is 10.5. The zero-order valence-electron chi connectivity index (χ0n) is 8.36. The van der Waals surface area contributed by atoms with Gasteiger partial charge in [0, 0.05) is 27.4 Å². The molecule has 0 amide bonds. The first-order chi connectivity index (χ1) is 6.41. The van der Waals surface area contributed by atoms with Gasteiger partial charge < -0.3 is 14.2 Å². The lowest BCUT2D eigenvalue weighted by molar-refractivity contribution is 0.203. The summed E-state index contributed by atoms with van der Waals surface area (Å²) < 4.78 is 14.8. The lowest BCUT2D eigenvalue weighted by atomic mass is 10.4. The van der Waals surface area contributed by atoms with Crippen molar-refractivity contribution in [2.75, 3.05) is 27.4 Å². The summed E-state index contributed by atoms with van der Waals surface area (Å²) in [6.45, 7) is 1.46. The van der Waals surface area contributed by atoms with Crippen LogP contribution >= 0.6 is 0 Å². The molecule has 0 unspecified atom stereocenters. The summed E-state index contributed by atoms with van der Waals surface area (Å²) in [7, 11) is 3.36. The Morgan fingerprint density at radius 3 is 1.69 bits per heavy atom. The molecular weight excluding hydrogens is 168 g/mol. The lowest BCUT2D eigenvalue weighted by Gasteiger charge is -1.92. The third kappa shape index (κ3) is 11.2. The van der Waals surface area contributed by atoms with Crippen LogP contribution in [0.1, 0.15) is 12.8 Å². The van der Waals surface area contributed by atoms with Crippen LogP contribution in [0.5, 0.6) is 0 Å². The average Bonchev–Trinajstić information content (AvgIpc) is 2.16. The van der Waals surface area contributed by atoms with Crippen LogP contribution in [0.15, 0.2) is 24.7 Å². The molecule has 3 heteroatoms. The molecule has 0 saturated carbocycles. The van der Waals surface area contributed by atoms with E-state index in [0.29, 0.717) is 0 Å². The van der Waals surface area contributed by atoms with E-state index in [2.05, 4.69) is 0 Å². The Bertz CT molecular complexity index is 125. The summed E-state index contributed by atoms with van der Waals surface area (Å²) in [5.74, 6) is 0. The molecule has 0 aromatic rings. The van der Waals surface area contributed by atoms with E-state index >= 15 is 0 Å². The van der Waals surface area contributed by atoms with Crippen LogP contribution in [-0.4, -0.2) is 27.4 Å². The predicted molar refractivity (Wildman–Crippen MR) is 52.4 cm³/mol. The van der Waals surface area contributed by atoms with Gasteiger partial charge in [-0.1, -0.05) is 0 Å². The van der Waals surface area contributed by atoms with Crippen LogP contribution in [0.2, 0.25) is 0 Å². The Hall–Kier alpha value is -0.800. The molecule has 0 aliphatic carbocycles. The molecule has 13 heavy (non-hydrogen) atoms. The van der Waals surface area contributed by atoms with Crippen molar-refractivity contribution in [1.82, 2.24) is 0 Å². The fourth-order valence-corrected chi connectivity index (χ4v) is 0.664. The zero-order valence-corrected chi connectivity index (χ0v) is 8.36. The van der Waals surface area contributed by atoms with E-state index in [1.165, 1.54) is 0 Å². The number of ether oxygens (including phenoxy) is 3. The molecule has 0 aliphatic rings. The summed E-state index contributed by atoms with van der Waals surface area (Å²) >= 11 is 0. The van der Waals surface area contributed by atoms with Gasteiger partial charge >= 0.3 is 0 Å². The van der Waals surface area contributed by atoms with Gasteiger partial charge in [0.2, 0.25) is 0 Å². The highest BCUT2D eigenvalue weighted by molar-refractivity contribution is 4.79. The number of rotatable bonds is 8. The van der Waals surface area contributed by atoms with E-state index in [1.807, 2.05) is 12.2 Å². The first kappa shape index (κ1) is 12.2. The van der Waals surface area contributed by atoms with E-state index < -0.39 is 0 Å². The second kappa shape index (κ2) is 11.2. The third-order valence-corrected chi connectivity index (χ3v) is 1.33. The molecule has 76 valence electrons. The van der Waals surface area contributed by atoms with Gasteiger partial charge in [0.05, 0.1) is 12.5 Å². The summed E-state index contributed by atoms with van der Waals surface area (Å²) in [5, 5.41) is 0. The maximum Gasteiger partial charge on any atom is 0.0862 e. The van der Waals surface area contributed by atoms with Crippen molar-refractivity contribution < 1.29 is 14.2 Å². The van der Waals surface area contributed by atoms with Crippen LogP contribution in [0.25, 0.3) is 0 Å². The van der Waals surface area contributed by atoms with E-state index in [0.717, 1.165) is 26.1 Å². The number of hydrogen-bond donors (Lipinski definition) is 0. The second-order valence-electron chi connectivity index (χ2n) is 2.44. The zero-order chi connectivity index (χ0) is 9.78. The molecule has 0 radical (unpaired) electrons. The largest absolute Gasteiger partial charge is 0.473 e. The Balaban J connectivity index is 3.13. The molecule has 0 aromatic heterocycles. The summed E-state index contributed by atoms with van der Waals surface area (Å²) in [4.78, 5) is 0. The average molecular weight is 186 g/mol. The maximum absolute atomic E-state index is 5.05. The van der Waals surface area contributed by atoms with Crippen LogP contribution in [0.4, 0.5) is 0 Å². The highest BCUT2D eigenvalue weighted by atomic mass is 16.5. The quantitative estimate of drug-likeness (QED) is 0.429. The van der Waals surface area contributed by atoms with Gasteiger partial charge in [-0.15, -0.1) is 0 Å². The molecule has 0 spiro atoms. The van der Waals surface area contributed by atoms with Gasteiger partial charge in [-0.3, -0.25) is 0 Å². The molecule has 0 aromatic carbocycles. The van der Waals surface area contributed by atoms with Crippen molar-refractivity contribution in [2.24, 2.45) is 0 Å². The first-order valence-corrected chi connectivity index (χ1v) is 4.35. The van der Waals surface area contributed by atoms with Crippen molar-refractivity contribution in [2.45, 2.75) is 12.8 Å². The molecule has 0 aliphatic heterocycles. The van der Waals surface area contributed by atoms with Crippen molar-refractivity contribution in [3.8, 4) is 0 Å². The van der Waals surface area contributed by atoms with E-state index in [-0.39, 0.29) is 0 Å². The Labute approximate surface area is 80.0 Å². The molecule has 0 saturated heterocycles. The van der Waals surface area contributed by atoms with Gasteiger partial charge in [-0.05, 0) is 25.0 Å². The Morgan fingerprint density at radius 1 is 0.846 bits per heavy atom. The minimum Gasteiger partial charge on any atom is -0.473 e. The minimum absolute atomic E-state index is 0.729. The molecular formula is C10H18O3. The number of hydrogen-bond acceptors (Lipinski definition) is 3. The van der Waals surface area contributed by atoms with Crippen LogP contribution < -0.4 is 0 Å². The van der Waals surface area contributed by atoms with Gasteiger partial charge in [0.1, 0.15) is 0 Å². The second-order valence-corrected chi connectivity index (χ2v) is 2.44. The van der Waals surface area contributed by atoms with Crippen molar-refractivity contribution in [3.05, 3.63) is 24.7 Å².